The van der Waals surface area contributed by atoms with Crippen LogP contribution in [0.1, 0.15) is 5.56 Å². The van der Waals surface area contributed by atoms with Gasteiger partial charge in [0.2, 0.25) is 0 Å². The van der Waals surface area contributed by atoms with Crippen LogP contribution in [0.25, 0.3) is 11.0 Å². The van der Waals surface area contributed by atoms with Crippen molar-refractivity contribution in [2.24, 2.45) is 5.73 Å². The van der Waals surface area contributed by atoms with E-state index in [0.717, 1.165) is 16.6 Å². The standard InChI is InChI=1S/C8H8N3/c9-4-6-1-2-7-8(3-6)11-5-10-7/h1-3H,4,9H2,(H,10,11). The van der Waals surface area contributed by atoms with Gasteiger partial charge in [0.05, 0.1) is 11.0 Å². The molecular weight excluding hydrogens is 138 g/mol. The van der Waals surface area contributed by atoms with Crippen LogP contribution in [0.5, 0.6) is 0 Å². The molecular formula is C8H8N3. The Hall–Kier alpha value is -1.35. The van der Waals surface area contributed by atoms with Crippen molar-refractivity contribution < 1.29 is 0 Å². The minimum atomic E-state index is 0.558. The lowest BCUT2D eigenvalue weighted by molar-refractivity contribution is 1.07. The van der Waals surface area contributed by atoms with Gasteiger partial charge in [0.25, 0.3) is 0 Å². The van der Waals surface area contributed by atoms with Gasteiger partial charge in [-0.25, -0.2) is 4.98 Å². The first-order chi connectivity index (χ1) is 5.40. The summed E-state index contributed by atoms with van der Waals surface area (Å²) in [5, 5.41) is 0. The fourth-order valence-corrected chi connectivity index (χ4v) is 1.05. The van der Waals surface area contributed by atoms with Gasteiger partial charge in [-0.1, -0.05) is 6.07 Å². The van der Waals surface area contributed by atoms with Gasteiger partial charge < -0.3 is 10.7 Å². The monoisotopic (exact) mass is 146 g/mol. The molecule has 11 heavy (non-hydrogen) atoms. The van der Waals surface area contributed by atoms with Crippen LogP contribution in [0.3, 0.4) is 0 Å². The second kappa shape index (κ2) is 2.36. The van der Waals surface area contributed by atoms with Crippen molar-refractivity contribution in [2.75, 3.05) is 0 Å². The molecule has 3 N–H and O–H groups in total. The number of aromatic nitrogens is 2. The Morgan fingerprint density at radius 3 is 3.27 bits per heavy atom. The maximum Gasteiger partial charge on any atom is 0.174 e. The van der Waals surface area contributed by atoms with Crippen LogP contribution >= 0.6 is 0 Å². The normalized spacial score (nSPS) is 10.6. The van der Waals surface area contributed by atoms with Crippen LogP contribution in [0.2, 0.25) is 0 Å². The quantitative estimate of drug-likeness (QED) is 0.625. The molecule has 1 aromatic heterocycles. The van der Waals surface area contributed by atoms with Crippen molar-refractivity contribution >= 4 is 11.0 Å². The largest absolute Gasteiger partial charge is 0.335 e. The Morgan fingerprint density at radius 2 is 2.45 bits per heavy atom. The van der Waals surface area contributed by atoms with Crippen LogP contribution in [-0.2, 0) is 6.54 Å². The number of nitrogens with two attached hydrogens (primary N) is 1. The first kappa shape index (κ1) is 6.37. The van der Waals surface area contributed by atoms with E-state index < -0.39 is 0 Å². The molecule has 0 aliphatic rings. The predicted molar refractivity (Wildman–Crippen MR) is 42.8 cm³/mol. The number of benzene rings is 1. The van der Waals surface area contributed by atoms with E-state index in [2.05, 4.69) is 16.3 Å². The molecule has 1 heterocycles. The first-order valence-corrected chi connectivity index (χ1v) is 3.45. The zero-order valence-electron chi connectivity index (χ0n) is 5.96. The highest BCUT2D eigenvalue weighted by atomic mass is 14.9. The zero-order chi connectivity index (χ0) is 7.68. The lowest BCUT2D eigenvalue weighted by atomic mass is 10.2. The summed E-state index contributed by atoms with van der Waals surface area (Å²) >= 11 is 0. The SMILES string of the molecule is NCc1ccc2[nH][c]nc2c1. The molecule has 55 valence electrons. The van der Waals surface area contributed by atoms with Gasteiger partial charge in [0.15, 0.2) is 6.33 Å². The van der Waals surface area contributed by atoms with Gasteiger partial charge in [-0.15, -0.1) is 0 Å². The minimum absolute atomic E-state index is 0.558. The average Bonchev–Trinajstić information content (AvgIpc) is 2.50. The molecule has 0 aliphatic heterocycles. The van der Waals surface area contributed by atoms with E-state index in [1.807, 2.05) is 18.2 Å². The number of fused-ring (bicyclic) bond motifs is 1. The summed E-state index contributed by atoms with van der Waals surface area (Å²) in [5.74, 6) is 0. The van der Waals surface area contributed by atoms with E-state index in [0.29, 0.717) is 6.54 Å². The van der Waals surface area contributed by atoms with Crippen molar-refractivity contribution in [1.82, 2.24) is 9.97 Å². The molecule has 2 rings (SSSR count). The van der Waals surface area contributed by atoms with Gasteiger partial charge >= 0.3 is 0 Å². The van der Waals surface area contributed by atoms with E-state index >= 15 is 0 Å². The van der Waals surface area contributed by atoms with E-state index in [1.165, 1.54) is 0 Å². The van der Waals surface area contributed by atoms with Crippen LogP contribution in [0.15, 0.2) is 18.2 Å². The van der Waals surface area contributed by atoms with Gasteiger partial charge in [-0.3, -0.25) is 0 Å². The molecule has 0 fully saturated rings. The van der Waals surface area contributed by atoms with Crippen LogP contribution < -0.4 is 5.73 Å². The molecule has 1 aromatic carbocycles. The summed E-state index contributed by atoms with van der Waals surface area (Å²) in [7, 11) is 0. The molecule has 0 saturated carbocycles. The maximum atomic E-state index is 5.46. The lowest BCUT2D eigenvalue weighted by Gasteiger charge is -1.93. The summed E-state index contributed by atoms with van der Waals surface area (Å²) < 4.78 is 0. The fourth-order valence-electron chi connectivity index (χ4n) is 1.05. The van der Waals surface area contributed by atoms with Gasteiger partial charge in [-0.05, 0) is 17.7 Å². The number of nitrogens with zero attached hydrogens (tertiary/aromatic N) is 1. The van der Waals surface area contributed by atoms with Crippen molar-refractivity contribution in [3.8, 4) is 0 Å². The van der Waals surface area contributed by atoms with Crippen molar-refractivity contribution in [3.05, 3.63) is 30.1 Å². The summed E-state index contributed by atoms with van der Waals surface area (Å²) in [4.78, 5) is 6.89. The average molecular weight is 146 g/mol. The maximum absolute atomic E-state index is 5.46. The molecule has 0 unspecified atom stereocenters. The number of H-pyrrole nitrogens is 1. The smallest absolute Gasteiger partial charge is 0.174 e. The molecule has 0 saturated heterocycles. The second-order valence-corrected chi connectivity index (χ2v) is 2.40. The molecule has 1 radical (unpaired) electrons. The molecule has 0 amide bonds. The van der Waals surface area contributed by atoms with Crippen LogP contribution in [0.4, 0.5) is 0 Å². The highest BCUT2D eigenvalue weighted by Crippen LogP contribution is 2.10. The molecule has 0 atom stereocenters. The molecule has 0 bridgehead atoms. The lowest BCUT2D eigenvalue weighted by Crippen LogP contribution is -1.94. The second-order valence-electron chi connectivity index (χ2n) is 2.40. The fraction of sp³-hybridized carbons (Fsp3) is 0.125. The van der Waals surface area contributed by atoms with E-state index in [4.69, 9.17) is 5.73 Å². The van der Waals surface area contributed by atoms with Gasteiger partial charge in [0, 0.05) is 6.54 Å². The van der Waals surface area contributed by atoms with E-state index in [9.17, 15) is 0 Å². The Labute approximate surface area is 64.2 Å². The Morgan fingerprint density at radius 1 is 1.55 bits per heavy atom. The Balaban J connectivity index is 2.67. The number of hydrogen-bond acceptors (Lipinski definition) is 2. The summed E-state index contributed by atoms with van der Waals surface area (Å²) in [6.45, 7) is 0.558. The molecule has 0 aliphatic carbocycles. The van der Waals surface area contributed by atoms with Crippen molar-refractivity contribution in [1.29, 1.82) is 0 Å². The third kappa shape index (κ3) is 0.991. The zero-order valence-corrected chi connectivity index (χ0v) is 5.96. The Kier molecular flexibility index (Phi) is 1.36. The van der Waals surface area contributed by atoms with Crippen molar-refractivity contribution in [3.63, 3.8) is 0 Å². The number of aromatic amines is 1. The topological polar surface area (TPSA) is 54.7 Å². The van der Waals surface area contributed by atoms with Crippen LogP contribution in [-0.4, -0.2) is 9.97 Å². The summed E-state index contributed by atoms with van der Waals surface area (Å²) in [5.41, 5.74) is 8.48. The van der Waals surface area contributed by atoms with E-state index in [1.54, 1.807) is 0 Å². The third-order valence-electron chi connectivity index (χ3n) is 1.66. The number of rotatable bonds is 1. The number of nitrogens with one attached hydrogen (secondary N) is 1. The molecule has 3 nitrogen and oxygen atoms in total. The molecule has 3 heteroatoms. The Bertz CT molecular complexity index is 364. The van der Waals surface area contributed by atoms with Crippen LogP contribution in [0, 0.1) is 6.33 Å². The first-order valence-electron chi connectivity index (χ1n) is 3.45. The summed E-state index contributed by atoms with van der Waals surface area (Å²) in [6.07, 6.45) is 2.67. The predicted octanol–water partition coefficient (Wildman–Crippen LogP) is 0.822. The van der Waals surface area contributed by atoms with Gasteiger partial charge in [-0.2, -0.15) is 0 Å². The number of hydrogen-bond donors (Lipinski definition) is 2. The molecule has 0 spiro atoms. The van der Waals surface area contributed by atoms with Crippen molar-refractivity contribution in [2.45, 2.75) is 6.54 Å². The third-order valence-corrected chi connectivity index (χ3v) is 1.66. The minimum Gasteiger partial charge on any atom is -0.335 e. The summed E-state index contributed by atoms with van der Waals surface area (Å²) in [6, 6.07) is 5.90. The van der Waals surface area contributed by atoms with E-state index in [-0.39, 0.29) is 0 Å². The molecule has 2 aromatic rings. The number of imidazole rings is 1. The highest BCUT2D eigenvalue weighted by Gasteiger charge is 1.95. The highest BCUT2D eigenvalue weighted by molar-refractivity contribution is 5.74. The van der Waals surface area contributed by atoms with Gasteiger partial charge in [0.1, 0.15) is 0 Å².